The minimum atomic E-state index is -0.588. The van der Waals surface area contributed by atoms with Crippen LogP contribution in [0.3, 0.4) is 0 Å². The summed E-state index contributed by atoms with van der Waals surface area (Å²) in [5.74, 6) is -0.320. The van der Waals surface area contributed by atoms with E-state index in [1.54, 1.807) is 29.2 Å². The molecule has 4 aromatic rings. The predicted molar refractivity (Wildman–Crippen MR) is 185 cm³/mol. The largest absolute Gasteiger partial charge is 0.448 e. The Bertz CT molecular complexity index is 1810. The van der Waals surface area contributed by atoms with E-state index in [1.807, 2.05) is 69.3 Å². The zero-order valence-electron chi connectivity index (χ0n) is 27.5. The molecule has 1 spiro atoms. The van der Waals surface area contributed by atoms with Gasteiger partial charge in [-0.05, 0) is 72.9 Å². The molecule has 0 radical (unpaired) electrons. The molecule has 2 aliphatic heterocycles. The lowest BCUT2D eigenvalue weighted by atomic mass is 9.73. The van der Waals surface area contributed by atoms with Crippen LogP contribution in [-0.2, 0) is 16.0 Å². The SMILES string of the molecule is CC(C)(C)OC(=O)N1CC2(CN(Cc3ccc(C(=O)Nc4ccccc4NC(=O)OCC4c5ccccc5-c5ccccc54)cc3)C2)C1. The summed E-state index contributed by atoms with van der Waals surface area (Å²) in [6, 6.07) is 31.0. The summed E-state index contributed by atoms with van der Waals surface area (Å²) < 4.78 is 11.2. The van der Waals surface area contributed by atoms with Crippen LogP contribution in [0.15, 0.2) is 97.1 Å². The van der Waals surface area contributed by atoms with Crippen molar-refractivity contribution in [1.82, 2.24) is 9.80 Å². The van der Waals surface area contributed by atoms with Crippen LogP contribution in [0.4, 0.5) is 21.0 Å². The molecule has 9 heteroatoms. The number of fused-ring (bicyclic) bond motifs is 3. The Labute approximate surface area is 280 Å². The van der Waals surface area contributed by atoms with Crippen molar-refractivity contribution in [1.29, 1.82) is 0 Å². The van der Waals surface area contributed by atoms with Crippen molar-refractivity contribution in [3.63, 3.8) is 0 Å². The zero-order chi connectivity index (χ0) is 33.5. The van der Waals surface area contributed by atoms with Gasteiger partial charge in [0.15, 0.2) is 0 Å². The van der Waals surface area contributed by atoms with Gasteiger partial charge >= 0.3 is 12.2 Å². The molecule has 1 aliphatic carbocycles. The van der Waals surface area contributed by atoms with E-state index in [2.05, 4.69) is 39.8 Å². The van der Waals surface area contributed by atoms with Gasteiger partial charge in [0, 0.05) is 49.6 Å². The molecule has 7 rings (SSSR count). The first-order valence-corrected chi connectivity index (χ1v) is 16.4. The lowest BCUT2D eigenvalue weighted by Gasteiger charge is -2.60. The average Bonchev–Trinajstić information content (AvgIpc) is 3.34. The highest BCUT2D eigenvalue weighted by molar-refractivity contribution is 6.06. The van der Waals surface area contributed by atoms with Gasteiger partial charge in [0.2, 0.25) is 0 Å². The highest BCUT2D eigenvalue weighted by Gasteiger charge is 2.53. The molecule has 0 unspecified atom stereocenters. The molecule has 4 aromatic carbocycles. The van der Waals surface area contributed by atoms with Crippen LogP contribution in [-0.4, -0.2) is 66.3 Å². The van der Waals surface area contributed by atoms with E-state index < -0.39 is 11.7 Å². The van der Waals surface area contributed by atoms with Crippen molar-refractivity contribution in [3.05, 3.63) is 119 Å². The van der Waals surface area contributed by atoms with Gasteiger partial charge < -0.3 is 19.7 Å². The number of amides is 3. The van der Waals surface area contributed by atoms with Gasteiger partial charge in [-0.15, -0.1) is 0 Å². The molecule has 0 bridgehead atoms. The molecule has 0 saturated carbocycles. The maximum absolute atomic E-state index is 13.2. The maximum Gasteiger partial charge on any atom is 0.411 e. The van der Waals surface area contributed by atoms with Gasteiger partial charge in [-0.25, -0.2) is 9.59 Å². The Morgan fingerprint density at radius 1 is 0.750 bits per heavy atom. The minimum Gasteiger partial charge on any atom is -0.448 e. The van der Waals surface area contributed by atoms with Gasteiger partial charge in [0.25, 0.3) is 5.91 Å². The van der Waals surface area contributed by atoms with Crippen molar-refractivity contribution in [2.24, 2.45) is 5.41 Å². The highest BCUT2D eigenvalue weighted by atomic mass is 16.6. The molecule has 2 saturated heterocycles. The van der Waals surface area contributed by atoms with Crippen molar-refractivity contribution < 1.29 is 23.9 Å². The summed E-state index contributed by atoms with van der Waals surface area (Å²) >= 11 is 0. The van der Waals surface area contributed by atoms with E-state index in [4.69, 9.17) is 9.47 Å². The van der Waals surface area contributed by atoms with Gasteiger partial charge in [0.05, 0.1) is 11.4 Å². The number of hydrogen-bond donors (Lipinski definition) is 2. The number of benzene rings is 4. The summed E-state index contributed by atoms with van der Waals surface area (Å²) in [7, 11) is 0. The van der Waals surface area contributed by atoms with E-state index in [0.29, 0.717) is 16.9 Å². The molecule has 2 fully saturated rings. The Balaban J connectivity index is 0.899. The normalized spacial score (nSPS) is 16.3. The molecule has 246 valence electrons. The molecule has 0 aromatic heterocycles. The number of nitrogens with one attached hydrogen (secondary N) is 2. The lowest BCUT2D eigenvalue weighted by molar-refractivity contribution is -0.115. The number of nitrogens with zero attached hydrogens (tertiary/aromatic N) is 2. The Kier molecular flexibility index (Phi) is 8.17. The fourth-order valence-electron chi connectivity index (χ4n) is 7.09. The number of hydrogen-bond acceptors (Lipinski definition) is 6. The van der Waals surface area contributed by atoms with Crippen LogP contribution in [0.2, 0.25) is 0 Å². The standard InChI is InChI=1S/C39H40N4O5/c1-38(2,3)48-37(46)43-24-39(25-43)22-42(23-39)20-26-16-18-27(19-17-26)35(44)40-33-14-8-9-15-34(33)41-36(45)47-21-32-30-12-6-4-10-28(30)29-11-5-7-13-31(29)32/h4-19,32H,20-25H2,1-3H3,(H,40,44)(H,41,45). The third kappa shape index (κ3) is 6.51. The number of carbonyl (C=O) groups excluding carboxylic acids is 3. The molecule has 3 amide bonds. The first-order valence-electron chi connectivity index (χ1n) is 16.4. The van der Waals surface area contributed by atoms with Crippen molar-refractivity contribution in [3.8, 4) is 11.1 Å². The second kappa shape index (κ2) is 12.5. The average molecular weight is 645 g/mol. The van der Waals surface area contributed by atoms with Crippen LogP contribution in [0.1, 0.15) is 53.7 Å². The second-order valence-electron chi connectivity index (χ2n) is 14.1. The maximum atomic E-state index is 13.2. The molecule has 3 aliphatic rings. The van der Waals surface area contributed by atoms with E-state index in [-0.39, 0.29) is 29.9 Å². The fourth-order valence-corrected chi connectivity index (χ4v) is 7.09. The number of likely N-dealkylation sites (tertiary alicyclic amines) is 2. The van der Waals surface area contributed by atoms with Crippen LogP contribution >= 0.6 is 0 Å². The van der Waals surface area contributed by atoms with Crippen LogP contribution in [0.25, 0.3) is 11.1 Å². The molecular formula is C39H40N4O5. The topological polar surface area (TPSA) is 100 Å². The Morgan fingerprint density at radius 3 is 1.92 bits per heavy atom. The number of rotatable bonds is 7. The number of anilines is 2. The van der Waals surface area contributed by atoms with E-state index in [0.717, 1.165) is 49.4 Å². The summed E-state index contributed by atoms with van der Waals surface area (Å²) in [5, 5.41) is 5.74. The number of para-hydroxylation sites is 2. The predicted octanol–water partition coefficient (Wildman–Crippen LogP) is 7.35. The molecule has 48 heavy (non-hydrogen) atoms. The monoisotopic (exact) mass is 644 g/mol. The summed E-state index contributed by atoms with van der Waals surface area (Å²) in [4.78, 5) is 42.5. The number of carbonyl (C=O) groups is 3. The van der Waals surface area contributed by atoms with E-state index in [9.17, 15) is 14.4 Å². The Morgan fingerprint density at radius 2 is 1.31 bits per heavy atom. The summed E-state index contributed by atoms with van der Waals surface area (Å²) in [6.45, 7) is 9.95. The third-order valence-electron chi connectivity index (χ3n) is 9.20. The fraction of sp³-hybridized carbons (Fsp3) is 0.308. The molecule has 2 heterocycles. The van der Waals surface area contributed by atoms with Crippen molar-refractivity contribution >= 4 is 29.5 Å². The second-order valence-corrected chi connectivity index (χ2v) is 14.1. The summed E-state index contributed by atoms with van der Waals surface area (Å²) in [5.41, 5.74) is 6.85. The first-order chi connectivity index (χ1) is 23.1. The van der Waals surface area contributed by atoms with Crippen LogP contribution in [0, 0.1) is 5.41 Å². The van der Waals surface area contributed by atoms with Crippen molar-refractivity contribution in [2.45, 2.75) is 38.8 Å². The molecule has 9 nitrogen and oxygen atoms in total. The molecule has 0 atom stereocenters. The Hall–Kier alpha value is -5.15. The summed E-state index contributed by atoms with van der Waals surface area (Å²) in [6.07, 6.45) is -0.828. The first kappa shape index (κ1) is 31.4. The van der Waals surface area contributed by atoms with Gasteiger partial charge in [-0.3, -0.25) is 15.0 Å². The highest BCUT2D eigenvalue weighted by Crippen LogP contribution is 2.44. The van der Waals surface area contributed by atoms with Crippen LogP contribution < -0.4 is 10.6 Å². The smallest absolute Gasteiger partial charge is 0.411 e. The number of ether oxygens (including phenoxy) is 2. The van der Waals surface area contributed by atoms with E-state index in [1.165, 1.54) is 11.1 Å². The van der Waals surface area contributed by atoms with Gasteiger partial charge in [0.1, 0.15) is 12.2 Å². The van der Waals surface area contributed by atoms with E-state index >= 15 is 0 Å². The van der Waals surface area contributed by atoms with Gasteiger partial charge in [-0.1, -0.05) is 72.8 Å². The lowest BCUT2D eigenvalue weighted by Crippen LogP contribution is -2.72. The third-order valence-corrected chi connectivity index (χ3v) is 9.20. The zero-order valence-corrected chi connectivity index (χ0v) is 27.5. The molecule has 2 N–H and O–H groups in total. The molecular weight excluding hydrogens is 604 g/mol. The van der Waals surface area contributed by atoms with Crippen molar-refractivity contribution in [2.75, 3.05) is 43.4 Å². The van der Waals surface area contributed by atoms with Gasteiger partial charge in [-0.2, -0.15) is 0 Å². The van der Waals surface area contributed by atoms with Crippen LogP contribution in [0.5, 0.6) is 0 Å². The minimum absolute atomic E-state index is 0.0454. The quantitative estimate of drug-likeness (QED) is 0.218.